The highest BCUT2D eigenvalue weighted by Gasteiger charge is 2.15. The van der Waals surface area contributed by atoms with Gasteiger partial charge < -0.3 is 19.9 Å². The van der Waals surface area contributed by atoms with Crippen molar-refractivity contribution < 1.29 is 4.74 Å². The van der Waals surface area contributed by atoms with Gasteiger partial charge in [0.05, 0.1) is 6.61 Å². The van der Waals surface area contributed by atoms with Crippen LogP contribution >= 0.6 is 0 Å². The van der Waals surface area contributed by atoms with Gasteiger partial charge in [-0.2, -0.15) is 0 Å². The third kappa shape index (κ3) is 7.42. The molecule has 1 atom stereocenters. The van der Waals surface area contributed by atoms with Crippen molar-refractivity contribution in [1.82, 2.24) is 25.4 Å². The standard InChI is InChI=1S/C18H34N6O/c1-3-5-6-7-9-19-18(21-13-16-8-12-25-14-16)20-10-11-24-15-22-23-17(24)4-2/h15-16H,3-14H2,1-2H3,(H2,19,20,21). The Bertz CT molecular complexity index is 496. The molecule has 0 aliphatic carbocycles. The Morgan fingerprint density at radius 3 is 2.92 bits per heavy atom. The molecule has 0 amide bonds. The van der Waals surface area contributed by atoms with Crippen LogP contribution in [0.5, 0.6) is 0 Å². The lowest BCUT2D eigenvalue weighted by Gasteiger charge is -2.14. The fraction of sp³-hybridized carbons (Fsp3) is 0.833. The van der Waals surface area contributed by atoms with Crippen molar-refractivity contribution in [2.45, 2.75) is 58.9 Å². The van der Waals surface area contributed by atoms with Crippen molar-refractivity contribution in [3.05, 3.63) is 12.2 Å². The van der Waals surface area contributed by atoms with Crippen LogP contribution in [0.15, 0.2) is 11.3 Å². The summed E-state index contributed by atoms with van der Waals surface area (Å²) < 4.78 is 7.54. The molecule has 2 heterocycles. The summed E-state index contributed by atoms with van der Waals surface area (Å²) in [4.78, 5) is 4.76. The third-order valence-corrected chi connectivity index (χ3v) is 4.51. The van der Waals surface area contributed by atoms with E-state index in [4.69, 9.17) is 9.73 Å². The Morgan fingerprint density at radius 2 is 2.16 bits per heavy atom. The first-order valence-electron chi connectivity index (χ1n) is 9.80. The Balaban J connectivity index is 1.76. The Hall–Kier alpha value is -1.63. The summed E-state index contributed by atoms with van der Waals surface area (Å²) in [6.07, 6.45) is 8.84. The number of nitrogens with zero attached hydrogens (tertiary/aromatic N) is 4. The first-order chi connectivity index (χ1) is 12.3. The monoisotopic (exact) mass is 350 g/mol. The van der Waals surface area contributed by atoms with E-state index in [9.17, 15) is 0 Å². The Labute approximate surface area is 151 Å². The molecule has 25 heavy (non-hydrogen) atoms. The number of aromatic nitrogens is 3. The van der Waals surface area contributed by atoms with E-state index in [1.165, 1.54) is 25.7 Å². The van der Waals surface area contributed by atoms with E-state index >= 15 is 0 Å². The van der Waals surface area contributed by atoms with Crippen LogP contribution in [0, 0.1) is 5.92 Å². The molecule has 1 aromatic heterocycles. The van der Waals surface area contributed by atoms with Gasteiger partial charge in [-0.25, -0.2) is 0 Å². The van der Waals surface area contributed by atoms with Gasteiger partial charge in [-0.05, 0) is 12.8 Å². The molecule has 1 saturated heterocycles. The minimum absolute atomic E-state index is 0.559. The van der Waals surface area contributed by atoms with E-state index in [0.29, 0.717) is 5.92 Å². The lowest BCUT2D eigenvalue weighted by atomic mass is 10.1. The van der Waals surface area contributed by atoms with Crippen LogP contribution in [-0.4, -0.2) is 53.6 Å². The molecule has 0 saturated carbocycles. The summed E-state index contributed by atoms with van der Waals surface area (Å²) >= 11 is 0. The van der Waals surface area contributed by atoms with Gasteiger partial charge >= 0.3 is 0 Å². The number of rotatable bonds is 11. The van der Waals surface area contributed by atoms with Crippen molar-refractivity contribution in [1.29, 1.82) is 0 Å². The lowest BCUT2D eigenvalue weighted by Crippen LogP contribution is -2.40. The van der Waals surface area contributed by atoms with Gasteiger partial charge in [-0.15, -0.1) is 10.2 Å². The molecular weight excluding hydrogens is 316 g/mol. The first-order valence-corrected chi connectivity index (χ1v) is 9.80. The molecule has 1 aromatic rings. The highest BCUT2D eigenvalue weighted by molar-refractivity contribution is 5.79. The molecule has 142 valence electrons. The number of hydrogen-bond acceptors (Lipinski definition) is 4. The van der Waals surface area contributed by atoms with Gasteiger partial charge in [0.1, 0.15) is 12.2 Å². The molecule has 0 radical (unpaired) electrons. The van der Waals surface area contributed by atoms with Crippen LogP contribution < -0.4 is 10.6 Å². The molecule has 7 nitrogen and oxygen atoms in total. The van der Waals surface area contributed by atoms with Crippen LogP contribution in [-0.2, 0) is 17.7 Å². The number of ether oxygens (including phenoxy) is 1. The molecule has 2 N–H and O–H groups in total. The number of guanidine groups is 1. The molecule has 0 bridgehead atoms. The van der Waals surface area contributed by atoms with Gasteiger partial charge in [0, 0.05) is 45.1 Å². The largest absolute Gasteiger partial charge is 0.381 e. The van der Waals surface area contributed by atoms with E-state index in [0.717, 1.165) is 64.0 Å². The molecule has 0 spiro atoms. The zero-order valence-electron chi connectivity index (χ0n) is 15.8. The zero-order chi connectivity index (χ0) is 17.7. The molecule has 0 aromatic carbocycles. The third-order valence-electron chi connectivity index (χ3n) is 4.51. The average Bonchev–Trinajstić information content (AvgIpc) is 3.30. The number of aryl methyl sites for hydroxylation is 1. The van der Waals surface area contributed by atoms with E-state index in [1.807, 2.05) is 0 Å². The fourth-order valence-electron chi connectivity index (χ4n) is 2.91. The summed E-state index contributed by atoms with van der Waals surface area (Å²) in [7, 11) is 0. The molecule has 1 aliphatic rings. The second-order valence-corrected chi connectivity index (χ2v) is 6.63. The normalized spacial score (nSPS) is 17.8. The van der Waals surface area contributed by atoms with Crippen molar-refractivity contribution in [3.8, 4) is 0 Å². The predicted molar refractivity (Wildman–Crippen MR) is 101 cm³/mol. The van der Waals surface area contributed by atoms with Gasteiger partial charge in [0.2, 0.25) is 0 Å². The maximum absolute atomic E-state index is 5.44. The van der Waals surface area contributed by atoms with E-state index < -0.39 is 0 Å². The van der Waals surface area contributed by atoms with E-state index in [2.05, 4.69) is 39.2 Å². The van der Waals surface area contributed by atoms with E-state index in [-0.39, 0.29) is 0 Å². The summed E-state index contributed by atoms with van der Waals surface area (Å²) in [6, 6.07) is 0. The lowest BCUT2D eigenvalue weighted by molar-refractivity contribution is 0.187. The summed E-state index contributed by atoms with van der Waals surface area (Å²) in [5, 5.41) is 15.0. The molecule has 2 rings (SSSR count). The minimum atomic E-state index is 0.559. The highest BCUT2D eigenvalue weighted by Crippen LogP contribution is 2.12. The second kappa shape index (κ2) is 11.8. The van der Waals surface area contributed by atoms with Gasteiger partial charge in [0.25, 0.3) is 0 Å². The van der Waals surface area contributed by atoms with Gasteiger partial charge in [-0.3, -0.25) is 4.99 Å². The van der Waals surface area contributed by atoms with Crippen LogP contribution in [0.4, 0.5) is 0 Å². The summed E-state index contributed by atoms with van der Waals surface area (Å²) in [5.74, 6) is 2.49. The van der Waals surface area contributed by atoms with Gasteiger partial charge in [-0.1, -0.05) is 33.1 Å². The number of nitrogens with one attached hydrogen (secondary N) is 2. The maximum atomic E-state index is 5.44. The quantitative estimate of drug-likeness (QED) is 0.363. The van der Waals surface area contributed by atoms with Crippen LogP contribution in [0.1, 0.15) is 51.8 Å². The molecule has 1 fully saturated rings. The number of unbranched alkanes of at least 4 members (excludes halogenated alkanes) is 3. The summed E-state index contributed by atoms with van der Waals surface area (Å²) in [6.45, 7) is 9.52. The minimum Gasteiger partial charge on any atom is -0.381 e. The SMILES string of the molecule is CCCCCCNC(=NCC1CCOC1)NCCn1cnnc1CC. The second-order valence-electron chi connectivity index (χ2n) is 6.63. The molecular formula is C18H34N6O. The fourth-order valence-corrected chi connectivity index (χ4v) is 2.91. The average molecular weight is 351 g/mol. The molecule has 1 aliphatic heterocycles. The van der Waals surface area contributed by atoms with Gasteiger partial charge in [0.15, 0.2) is 5.96 Å². The smallest absolute Gasteiger partial charge is 0.191 e. The van der Waals surface area contributed by atoms with E-state index in [1.54, 1.807) is 6.33 Å². The predicted octanol–water partition coefficient (Wildman–Crippen LogP) is 1.99. The van der Waals surface area contributed by atoms with Crippen molar-refractivity contribution in [2.75, 3.05) is 32.8 Å². The molecule has 7 heteroatoms. The zero-order valence-corrected chi connectivity index (χ0v) is 15.8. The summed E-state index contributed by atoms with van der Waals surface area (Å²) in [5.41, 5.74) is 0. The molecule has 1 unspecified atom stereocenters. The van der Waals surface area contributed by atoms with Crippen molar-refractivity contribution in [3.63, 3.8) is 0 Å². The number of hydrogen-bond donors (Lipinski definition) is 2. The van der Waals surface area contributed by atoms with Crippen LogP contribution in [0.2, 0.25) is 0 Å². The Morgan fingerprint density at radius 1 is 1.28 bits per heavy atom. The Kier molecular flexibility index (Phi) is 9.33. The van der Waals surface area contributed by atoms with Crippen molar-refractivity contribution >= 4 is 5.96 Å². The van der Waals surface area contributed by atoms with Crippen LogP contribution in [0.25, 0.3) is 0 Å². The van der Waals surface area contributed by atoms with Crippen LogP contribution in [0.3, 0.4) is 0 Å². The topological polar surface area (TPSA) is 76.4 Å². The maximum Gasteiger partial charge on any atom is 0.191 e. The first kappa shape index (κ1) is 19.7. The highest BCUT2D eigenvalue weighted by atomic mass is 16.5. The van der Waals surface area contributed by atoms with Crippen molar-refractivity contribution in [2.24, 2.45) is 10.9 Å². The number of aliphatic imine (C=N–C) groups is 1.